The number of hydrogen-bond acceptors (Lipinski definition) is 1. The molecular formula is C13H6BrF3O. The zero-order chi connectivity index (χ0) is 13.3. The first-order chi connectivity index (χ1) is 8.52. The Balaban J connectivity index is 2.55. The highest BCUT2D eigenvalue weighted by Crippen LogP contribution is 2.24. The second-order valence-corrected chi connectivity index (χ2v) is 4.32. The van der Waals surface area contributed by atoms with Gasteiger partial charge >= 0.3 is 0 Å². The molecule has 18 heavy (non-hydrogen) atoms. The molecule has 0 unspecified atom stereocenters. The van der Waals surface area contributed by atoms with E-state index in [0.717, 1.165) is 18.2 Å². The Morgan fingerprint density at radius 1 is 0.889 bits per heavy atom. The molecule has 0 bridgehead atoms. The summed E-state index contributed by atoms with van der Waals surface area (Å²) < 4.78 is 39.7. The summed E-state index contributed by atoms with van der Waals surface area (Å²) in [4.78, 5) is 12.0. The van der Waals surface area contributed by atoms with Crippen molar-refractivity contribution in [2.24, 2.45) is 0 Å². The molecule has 0 aliphatic heterocycles. The van der Waals surface area contributed by atoms with E-state index in [9.17, 15) is 18.0 Å². The maximum absolute atomic E-state index is 13.5. The number of halogens is 4. The van der Waals surface area contributed by atoms with Crippen LogP contribution in [0.3, 0.4) is 0 Å². The molecule has 0 atom stereocenters. The lowest BCUT2D eigenvalue weighted by molar-refractivity contribution is 0.103. The van der Waals surface area contributed by atoms with Crippen molar-refractivity contribution in [3.63, 3.8) is 0 Å². The fourth-order valence-corrected chi connectivity index (χ4v) is 1.95. The molecule has 0 radical (unpaired) electrons. The predicted molar refractivity (Wildman–Crippen MR) is 63.9 cm³/mol. The van der Waals surface area contributed by atoms with Crippen LogP contribution in [-0.4, -0.2) is 5.78 Å². The van der Waals surface area contributed by atoms with Crippen LogP contribution >= 0.6 is 15.9 Å². The number of carbonyl (C=O) groups is 1. The summed E-state index contributed by atoms with van der Waals surface area (Å²) in [5.41, 5.74) is -0.485. The molecule has 0 aliphatic carbocycles. The molecule has 5 heteroatoms. The third kappa shape index (κ3) is 2.18. The van der Waals surface area contributed by atoms with Crippen LogP contribution in [0.4, 0.5) is 13.2 Å². The van der Waals surface area contributed by atoms with Crippen molar-refractivity contribution in [2.75, 3.05) is 0 Å². The summed E-state index contributed by atoms with van der Waals surface area (Å²) in [5, 5.41) is 0. The number of carbonyl (C=O) groups excluding carboxylic acids is 1. The molecule has 0 saturated heterocycles. The van der Waals surface area contributed by atoms with Crippen LogP contribution in [0, 0.1) is 17.5 Å². The van der Waals surface area contributed by atoms with Crippen molar-refractivity contribution in [3.05, 3.63) is 69.4 Å². The quantitative estimate of drug-likeness (QED) is 0.763. The van der Waals surface area contributed by atoms with E-state index in [1.807, 2.05) is 0 Å². The monoisotopic (exact) mass is 314 g/mol. The Kier molecular flexibility index (Phi) is 3.52. The van der Waals surface area contributed by atoms with E-state index in [0.29, 0.717) is 0 Å². The second kappa shape index (κ2) is 4.94. The molecule has 0 aromatic heterocycles. The van der Waals surface area contributed by atoms with E-state index in [1.54, 1.807) is 0 Å². The third-order valence-corrected chi connectivity index (χ3v) is 3.20. The predicted octanol–water partition coefficient (Wildman–Crippen LogP) is 4.10. The van der Waals surface area contributed by atoms with Crippen molar-refractivity contribution >= 4 is 21.7 Å². The standard InChI is InChI=1S/C13H6BrF3O/c14-11-7(3-1-5-9(11)15)13(18)8-4-2-6-10(16)12(8)17/h1-6H. The summed E-state index contributed by atoms with van der Waals surface area (Å²) >= 11 is 2.91. The summed E-state index contributed by atoms with van der Waals surface area (Å²) in [6.45, 7) is 0. The van der Waals surface area contributed by atoms with Gasteiger partial charge in [-0.15, -0.1) is 0 Å². The number of hydrogen-bond donors (Lipinski definition) is 0. The van der Waals surface area contributed by atoms with Gasteiger partial charge in [-0.05, 0) is 40.2 Å². The molecule has 0 spiro atoms. The smallest absolute Gasteiger partial charge is 0.197 e. The summed E-state index contributed by atoms with van der Waals surface area (Å²) in [7, 11) is 0. The molecule has 0 aliphatic rings. The summed E-state index contributed by atoms with van der Waals surface area (Å²) in [5.74, 6) is -3.77. The first kappa shape index (κ1) is 12.8. The Labute approximate surface area is 109 Å². The number of ketones is 1. The van der Waals surface area contributed by atoms with Crippen LogP contribution in [0.2, 0.25) is 0 Å². The van der Waals surface area contributed by atoms with Crippen molar-refractivity contribution in [3.8, 4) is 0 Å². The maximum Gasteiger partial charge on any atom is 0.197 e. The molecule has 0 heterocycles. The van der Waals surface area contributed by atoms with Crippen molar-refractivity contribution in [2.45, 2.75) is 0 Å². The van der Waals surface area contributed by atoms with E-state index < -0.39 is 28.8 Å². The molecule has 0 fully saturated rings. The van der Waals surface area contributed by atoms with Gasteiger partial charge < -0.3 is 0 Å². The fourth-order valence-electron chi connectivity index (χ4n) is 1.50. The van der Waals surface area contributed by atoms with Gasteiger partial charge in [-0.3, -0.25) is 4.79 Å². The topological polar surface area (TPSA) is 17.1 Å². The molecule has 92 valence electrons. The number of benzene rings is 2. The first-order valence-corrected chi connectivity index (χ1v) is 5.74. The molecule has 1 nitrogen and oxygen atoms in total. The van der Waals surface area contributed by atoms with Gasteiger partial charge in [-0.1, -0.05) is 12.1 Å². The minimum absolute atomic E-state index is 0.0560. The van der Waals surface area contributed by atoms with Gasteiger partial charge in [0.2, 0.25) is 0 Å². The Morgan fingerprint density at radius 3 is 2.11 bits per heavy atom. The van der Waals surface area contributed by atoms with Crippen LogP contribution in [-0.2, 0) is 0 Å². The minimum atomic E-state index is -1.24. The lowest BCUT2D eigenvalue weighted by Gasteiger charge is -2.06. The van der Waals surface area contributed by atoms with E-state index in [2.05, 4.69) is 15.9 Å². The van der Waals surface area contributed by atoms with Gasteiger partial charge in [0, 0.05) is 5.56 Å². The van der Waals surface area contributed by atoms with Gasteiger partial charge in [0.05, 0.1) is 10.0 Å². The second-order valence-electron chi connectivity index (χ2n) is 3.53. The van der Waals surface area contributed by atoms with Gasteiger partial charge in [-0.25, -0.2) is 13.2 Å². The van der Waals surface area contributed by atoms with E-state index in [1.165, 1.54) is 18.2 Å². The van der Waals surface area contributed by atoms with Crippen LogP contribution in [0.15, 0.2) is 40.9 Å². The molecule has 2 aromatic rings. The van der Waals surface area contributed by atoms with Crippen molar-refractivity contribution < 1.29 is 18.0 Å². The average molecular weight is 315 g/mol. The Bertz CT molecular complexity index is 572. The van der Waals surface area contributed by atoms with Gasteiger partial charge in [0.15, 0.2) is 17.4 Å². The largest absolute Gasteiger partial charge is 0.288 e. The first-order valence-electron chi connectivity index (χ1n) is 4.95. The summed E-state index contributed by atoms with van der Waals surface area (Å²) in [6, 6.07) is 7.09. The average Bonchev–Trinajstić information content (AvgIpc) is 2.35. The van der Waals surface area contributed by atoms with E-state index >= 15 is 0 Å². The highest BCUT2D eigenvalue weighted by atomic mass is 79.9. The molecular weight excluding hydrogens is 309 g/mol. The Hall–Kier alpha value is -1.62. The number of rotatable bonds is 2. The molecule has 0 saturated carbocycles. The van der Waals surface area contributed by atoms with Gasteiger partial charge in [-0.2, -0.15) is 0 Å². The SMILES string of the molecule is O=C(c1cccc(F)c1F)c1cccc(F)c1Br. The van der Waals surface area contributed by atoms with Crippen LogP contribution < -0.4 is 0 Å². The highest BCUT2D eigenvalue weighted by molar-refractivity contribution is 9.10. The third-order valence-electron chi connectivity index (χ3n) is 2.39. The van der Waals surface area contributed by atoms with Crippen LogP contribution in [0.1, 0.15) is 15.9 Å². The molecule has 2 aromatic carbocycles. The maximum atomic E-state index is 13.5. The van der Waals surface area contributed by atoms with Crippen molar-refractivity contribution in [1.29, 1.82) is 0 Å². The normalized spacial score (nSPS) is 10.4. The Morgan fingerprint density at radius 2 is 1.44 bits per heavy atom. The van der Waals surface area contributed by atoms with Crippen molar-refractivity contribution in [1.82, 2.24) is 0 Å². The van der Waals surface area contributed by atoms with Gasteiger partial charge in [0.1, 0.15) is 5.82 Å². The minimum Gasteiger partial charge on any atom is -0.288 e. The molecule has 0 N–H and O–H groups in total. The van der Waals surface area contributed by atoms with Gasteiger partial charge in [0.25, 0.3) is 0 Å². The van der Waals surface area contributed by atoms with E-state index in [4.69, 9.17) is 0 Å². The lowest BCUT2D eigenvalue weighted by Crippen LogP contribution is -2.07. The zero-order valence-corrected chi connectivity index (χ0v) is 10.5. The molecule has 0 amide bonds. The zero-order valence-electron chi connectivity index (χ0n) is 8.88. The fraction of sp³-hybridized carbons (Fsp3) is 0. The van der Waals surface area contributed by atoms with Crippen LogP contribution in [0.25, 0.3) is 0 Å². The lowest BCUT2D eigenvalue weighted by atomic mass is 10.0. The molecule has 2 rings (SSSR count). The van der Waals surface area contributed by atoms with Crippen LogP contribution in [0.5, 0.6) is 0 Å². The van der Waals surface area contributed by atoms with E-state index in [-0.39, 0.29) is 10.0 Å². The highest BCUT2D eigenvalue weighted by Gasteiger charge is 2.20. The summed E-state index contributed by atoms with van der Waals surface area (Å²) in [6.07, 6.45) is 0.